The number of aromatic amines is 2. The normalized spacial score (nSPS) is 10.3. The van der Waals surface area contributed by atoms with Gasteiger partial charge in [0.25, 0.3) is 5.56 Å². The van der Waals surface area contributed by atoms with Crippen molar-refractivity contribution in [2.45, 2.75) is 6.42 Å². The molecule has 0 aliphatic heterocycles. The van der Waals surface area contributed by atoms with Gasteiger partial charge in [0, 0.05) is 16.5 Å². The highest BCUT2D eigenvalue weighted by Crippen LogP contribution is 2.13. The first kappa shape index (κ1) is 12.9. The van der Waals surface area contributed by atoms with Gasteiger partial charge in [0.15, 0.2) is 11.1 Å². The second kappa shape index (κ2) is 5.41. The number of H-pyrrole nitrogens is 2. The Morgan fingerprint density at radius 3 is 2.50 bits per heavy atom. The molecule has 0 spiro atoms. The van der Waals surface area contributed by atoms with Crippen LogP contribution >= 0.6 is 28.1 Å². The highest BCUT2D eigenvalue weighted by molar-refractivity contribution is 9.10. The maximum absolute atomic E-state index is 11.8. The zero-order chi connectivity index (χ0) is 13.1. The molecule has 0 bridgehead atoms. The summed E-state index contributed by atoms with van der Waals surface area (Å²) in [5.41, 5.74) is 1.23. The van der Waals surface area contributed by atoms with E-state index in [2.05, 4.69) is 25.9 Å². The number of hydrogen-bond donors (Lipinski definition) is 2. The molecule has 92 valence electrons. The summed E-state index contributed by atoms with van der Waals surface area (Å²) in [4.78, 5) is 27.9. The molecule has 0 amide bonds. The molecule has 2 aromatic rings. The minimum absolute atomic E-state index is 0.154. The number of aldehydes is 1. The molecule has 1 aromatic heterocycles. The molecule has 6 heteroatoms. The van der Waals surface area contributed by atoms with Gasteiger partial charge < -0.3 is 4.98 Å². The summed E-state index contributed by atoms with van der Waals surface area (Å²) in [7, 11) is 0. The number of carbonyl (C=O) groups excluding carboxylic acids is 1. The van der Waals surface area contributed by atoms with Crippen LogP contribution in [-0.4, -0.2) is 16.3 Å². The highest BCUT2D eigenvalue weighted by Gasteiger charge is 2.08. The van der Waals surface area contributed by atoms with E-state index >= 15 is 0 Å². The Morgan fingerprint density at radius 2 is 1.89 bits per heavy atom. The summed E-state index contributed by atoms with van der Waals surface area (Å²) >= 11 is 8.16. The molecule has 0 saturated carbocycles. The van der Waals surface area contributed by atoms with Gasteiger partial charge >= 0.3 is 0 Å². The van der Waals surface area contributed by atoms with Crippen LogP contribution in [0, 0.1) is 4.77 Å². The summed E-state index contributed by atoms with van der Waals surface area (Å²) in [5, 5.41) is 0. The fourth-order valence-corrected chi connectivity index (χ4v) is 2.08. The molecule has 0 unspecified atom stereocenters. The second-order valence-corrected chi connectivity index (χ2v) is 5.05. The van der Waals surface area contributed by atoms with E-state index in [0.29, 0.717) is 18.3 Å². The standard InChI is InChI=1S/C12H9BrN2O2S/c13-8-3-1-7(2-4-8)5-9-10(6-16)14-12(18)15-11(9)17/h1-4,6H,5H2,(H2,14,15,17,18). The van der Waals surface area contributed by atoms with Gasteiger partial charge in [0.2, 0.25) is 0 Å². The van der Waals surface area contributed by atoms with Gasteiger partial charge in [0.1, 0.15) is 0 Å². The Kier molecular flexibility index (Phi) is 3.88. The van der Waals surface area contributed by atoms with Crippen LogP contribution in [0.2, 0.25) is 0 Å². The van der Waals surface area contributed by atoms with E-state index in [1.807, 2.05) is 24.3 Å². The van der Waals surface area contributed by atoms with Crippen LogP contribution in [0.3, 0.4) is 0 Å². The molecule has 2 rings (SSSR count). The number of benzene rings is 1. The number of hydrogen-bond acceptors (Lipinski definition) is 3. The Labute approximate surface area is 116 Å². The summed E-state index contributed by atoms with van der Waals surface area (Å²) in [6.45, 7) is 0. The summed E-state index contributed by atoms with van der Waals surface area (Å²) in [5.74, 6) is 0. The minimum atomic E-state index is -0.330. The predicted octanol–water partition coefficient (Wildman–Crippen LogP) is 2.60. The van der Waals surface area contributed by atoms with Crippen molar-refractivity contribution in [2.75, 3.05) is 0 Å². The molecule has 4 nitrogen and oxygen atoms in total. The number of rotatable bonds is 3. The smallest absolute Gasteiger partial charge is 0.255 e. The third-order valence-corrected chi connectivity index (χ3v) is 3.22. The van der Waals surface area contributed by atoms with Gasteiger partial charge in [-0.05, 0) is 29.9 Å². The van der Waals surface area contributed by atoms with Crippen molar-refractivity contribution in [3.05, 3.63) is 60.7 Å². The quantitative estimate of drug-likeness (QED) is 0.673. The van der Waals surface area contributed by atoms with E-state index in [9.17, 15) is 9.59 Å². The van der Waals surface area contributed by atoms with Crippen LogP contribution in [0.4, 0.5) is 0 Å². The van der Waals surface area contributed by atoms with E-state index in [0.717, 1.165) is 10.0 Å². The van der Waals surface area contributed by atoms with Gasteiger partial charge in [-0.3, -0.25) is 14.6 Å². The number of halogens is 1. The average molecular weight is 325 g/mol. The van der Waals surface area contributed by atoms with Crippen LogP contribution < -0.4 is 5.56 Å². The molecular weight excluding hydrogens is 316 g/mol. The van der Waals surface area contributed by atoms with Gasteiger partial charge in [-0.2, -0.15) is 0 Å². The monoisotopic (exact) mass is 324 g/mol. The van der Waals surface area contributed by atoms with Crippen LogP contribution in [0.25, 0.3) is 0 Å². The fourth-order valence-electron chi connectivity index (χ4n) is 1.61. The van der Waals surface area contributed by atoms with Crippen molar-refractivity contribution in [1.29, 1.82) is 0 Å². The molecule has 0 atom stereocenters. The van der Waals surface area contributed by atoms with Crippen LogP contribution in [-0.2, 0) is 6.42 Å². The van der Waals surface area contributed by atoms with Crippen molar-refractivity contribution < 1.29 is 4.79 Å². The fraction of sp³-hybridized carbons (Fsp3) is 0.0833. The molecule has 0 aliphatic rings. The summed E-state index contributed by atoms with van der Waals surface area (Å²) < 4.78 is 1.12. The molecule has 0 aliphatic carbocycles. The Hall–Kier alpha value is -1.53. The van der Waals surface area contributed by atoms with Gasteiger partial charge in [0.05, 0.1) is 5.69 Å². The first-order valence-electron chi connectivity index (χ1n) is 5.15. The zero-order valence-electron chi connectivity index (χ0n) is 9.20. The maximum atomic E-state index is 11.8. The van der Waals surface area contributed by atoms with E-state index in [1.54, 1.807) is 0 Å². The molecule has 1 heterocycles. The SMILES string of the molecule is O=Cc1[nH]c(=S)[nH]c(=O)c1Cc1ccc(Br)cc1. The molecule has 0 fully saturated rings. The molecule has 2 N–H and O–H groups in total. The second-order valence-electron chi connectivity index (χ2n) is 3.72. The van der Waals surface area contributed by atoms with E-state index in [4.69, 9.17) is 12.2 Å². The van der Waals surface area contributed by atoms with E-state index in [-0.39, 0.29) is 16.0 Å². The van der Waals surface area contributed by atoms with Crippen molar-refractivity contribution >= 4 is 34.4 Å². The van der Waals surface area contributed by atoms with Crippen molar-refractivity contribution in [1.82, 2.24) is 9.97 Å². The van der Waals surface area contributed by atoms with E-state index < -0.39 is 0 Å². The first-order chi connectivity index (χ1) is 8.60. The third-order valence-electron chi connectivity index (χ3n) is 2.49. The van der Waals surface area contributed by atoms with Crippen LogP contribution in [0.15, 0.2) is 33.5 Å². The topological polar surface area (TPSA) is 65.7 Å². The third kappa shape index (κ3) is 2.83. The van der Waals surface area contributed by atoms with Crippen molar-refractivity contribution in [2.24, 2.45) is 0 Å². The largest absolute Gasteiger partial charge is 0.329 e. The number of aromatic nitrogens is 2. The lowest BCUT2D eigenvalue weighted by atomic mass is 10.1. The van der Waals surface area contributed by atoms with Gasteiger partial charge in [-0.15, -0.1) is 0 Å². The van der Waals surface area contributed by atoms with Crippen LogP contribution in [0.1, 0.15) is 21.6 Å². The maximum Gasteiger partial charge on any atom is 0.255 e. The molecule has 18 heavy (non-hydrogen) atoms. The lowest BCUT2D eigenvalue weighted by Crippen LogP contribution is -2.18. The molecule has 0 radical (unpaired) electrons. The average Bonchev–Trinajstić information content (AvgIpc) is 2.34. The summed E-state index contributed by atoms with van der Waals surface area (Å²) in [6, 6.07) is 7.55. The number of carbonyl (C=O) groups is 1. The Balaban J connectivity index is 2.46. The molecule has 1 aromatic carbocycles. The van der Waals surface area contributed by atoms with Gasteiger partial charge in [-0.25, -0.2) is 0 Å². The lowest BCUT2D eigenvalue weighted by molar-refractivity contribution is 0.111. The van der Waals surface area contributed by atoms with E-state index in [1.165, 1.54) is 0 Å². The Morgan fingerprint density at radius 1 is 1.22 bits per heavy atom. The Bertz CT molecular complexity index is 688. The molecule has 0 saturated heterocycles. The highest BCUT2D eigenvalue weighted by atomic mass is 79.9. The zero-order valence-corrected chi connectivity index (χ0v) is 11.6. The van der Waals surface area contributed by atoms with Crippen molar-refractivity contribution in [3.8, 4) is 0 Å². The first-order valence-corrected chi connectivity index (χ1v) is 6.35. The summed E-state index contributed by atoms with van der Waals surface area (Å²) in [6.07, 6.45) is 0.988. The lowest BCUT2D eigenvalue weighted by Gasteiger charge is -2.04. The van der Waals surface area contributed by atoms with Crippen molar-refractivity contribution in [3.63, 3.8) is 0 Å². The number of nitrogens with one attached hydrogen (secondary N) is 2. The van der Waals surface area contributed by atoms with Crippen LogP contribution in [0.5, 0.6) is 0 Å². The van der Waals surface area contributed by atoms with Gasteiger partial charge in [-0.1, -0.05) is 28.1 Å². The predicted molar refractivity (Wildman–Crippen MR) is 74.6 cm³/mol. The molecular formula is C12H9BrN2O2S. The minimum Gasteiger partial charge on any atom is -0.329 e.